The van der Waals surface area contributed by atoms with E-state index in [1.54, 1.807) is 23.1 Å². The molecule has 0 aliphatic carbocycles. The Hall–Kier alpha value is -3.78. The monoisotopic (exact) mass is 482 g/mol. The number of anilines is 1. The molecule has 0 amide bonds. The molecule has 0 unspecified atom stereocenters. The summed E-state index contributed by atoms with van der Waals surface area (Å²) in [6.07, 6.45) is 0.139. The molecule has 2 heterocycles. The molecule has 0 spiro atoms. The fourth-order valence-corrected chi connectivity index (χ4v) is 4.36. The first-order chi connectivity index (χ1) is 16.4. The molecule has 1 aromatic heterocycles. The van der Waals surface area contributed by atoms with Crippen LogP contribution in [0.3, 0.4) is 0 Å². The molecule has 0 saturated carbocycles. The highest BCUT2D eigenvalue weighted by Crippen LogP contribution is 2.40. The van der Waals surface area contributed by atoms with E-state index < -0.39 is 17.8 Å². The molecule has 9 heteroatoms. The van der Waals surface area contributed by atoms with Crippen LogP contribution in [0.2, 0.25) is 5.02 Å². The van der Waals surface area contributed by atoms with Gasteiger partial charge >= 0.3 is 5.97 Å². The van der Waals surface area contributed by atoms with Gasteiger partial charge in [0.25, 0.3) is 6.01 Å². The van der Waals surface area contributed by atoms with Crippen LogP contribution in [0.5, 0.6) is 11.5 Å². The number of hydrogen-bond acceptors (Lipinski definition) is 6. The van der Waals surface area contributed by atoms with Gasteiger partial charge in [0.1, 0.15) is 24.0 Å². The van der Waals surface area contributed by atoms with Gasteiger partial charge in [0.2, 0.25) is 0 Å². The second-order valence-corrected chi connectivity index (χ2v) is 8.38. The topological polar surface area (TPSA) is 85.0 Å². The number of aliphatic carboxylic acids is 1. The third-order valence-electron chi connectivity index (χ3n) is 5.80. The number of hydrogen-bond donors (Lipinski definition) is 1. The van der Waals surface area contributed by atoms with Crippen molar-refractivity contribution in [3.63, 3.8) is 0 Å². The number of ether oxygens (including phenoxy) is 2. The van der Waals surface area contributed by atoms with E-state index in [1.165, 1.54) is 25.3 Å². The summed E-state index contributed by atoms with van der Waals surface area (Å²) in [7, 11) is 1.54. The zero-order valence-electron chi connectivity index (χ0n) is 18.1. The van der Waals surface area contributed by atoms with Gasteiger partial charge in [0.05, 0.1) is 7.11 Å². The SMILES string of the molecule is COc1ccc2c(c1OCc1cccc(Cl)c1)C[C@@H](C(=O)O)N(c1nc3ccc(F)cc3o1)C2. The van der Waals surface area contributed by atoms with Crippen molar-refractivity contribution in [3.8, 4) is 11.5 Å². The van der Waals surface area contributed by atoms with Crippen LogP contribution in [0, 0.1) is 5.82 Å². The van der Waals surface area contributed by atoms with E-state index in [4.69, 9.17) is 25.5 Å². The van der Waals surface area contributed by atoms with Crippen molar-refractivity contribution in [2.24, 2.45) is 0 Å². The van der Waals surface area contributed by atoms with Gasteiger partial charge in [-0.25, -0.2) is 9.18 Å². The van der Waals surface area contributed by atoms with Crippen molar-refractivity contribution in [3.05, 3.63) is 82.1 Å². The molecule has 7 nitrogen and oxygen atoms in total. The lowest BCUT2D eigenvalue weighted by molar-refractivity contribution is -0.138. The fraction of sp³-hybridized carbons (Fsp3) is 0.200. The van der Waals surface area contributed by atoms with Crippen molar-refractivity contribution in [2.45, 2.75) is 25.6 Å². The number of carboxylic acids is 1. The second-order valence-electron chi connectivity index (χ2n) is 7.95. The van der Waals surface area contributed by atoms with Gasteiger partial charge in [0, 0.05) is 29.6 Å². The summed E-state index contributed by atoms with van der Waals surface area (Å²) in [5.41, 5.74) is 3.18. The third kappa shape index (κ3) is 4.12. The quantitative estimate of drug-likeness (QED) is 0.403. The van der Waals surface area contributed by atoms with E-state index in [1.807, 2.05) is 18.2 Å². The lowest BCUT2D eigenvalue weighted by Crippen LogP contribution is -2.46. The Kier molecular flexibility index (Phi) is 5.75. The van der Waals surface area contributed by atoms with Crippen molar-refractivity contribution in [1.82, 2.24) is 4.98 Å². The summed E-state index contributed by atoms with van der Waals surface area (Å²) in [5, 5.41) is 10.6. The zero-order valence-corrected chi connectivity index (χ0v) is 18.9. The summed E-state index contributed by atoms with van der Waals surface area (Å²) in [4.78, 5) is 18.2. The number of oxazole rings is 1. The average molecular weight is 483 g/mol. The van der Waals surface area contributed by atoms with Crippen LogP contribution < -0.4 is 14.4 Å². The number of carbonyl (C=O) groups is 1. The third-order valence-corrected chi connectivity index (χ3v) is 6.03. The maximum absolute atomic E-state index is 13.6. The Morgan fingerprint density at radius 1 is 1.26 bits per heavy atom. The Morgan fingerprint density at radius 3 is 2.88 bits per heavy atom. The van der Waals surface area contributed by atoms with Crippen molar-refractivity contribution >= 4 is 34.7 Å². The number of rotatable bonds is 6. The molecular weight excluding hydrogens is 463 g/mol. The van der Waals surface area contributed by atoms with Crippen LogP contribution in [0.1, 0.15) is 16.7 Å². The molecule has 5 rings (SSSR count). The van der Waals surface area contributed by atoms with Gasteiger partial charge in [-0.05, 0) is 41.5 Å². The van der Waals surface area contributed by atoms with Gasteiger partial charge in [-0.1, -0.05) is 29.8 Å². The van der Waals surface area contributed by atoms with E-state index in [9.17, 15) is 14.3 Å². The Balaban J connectivity index is 1.51. The molecule has 1 N–H and O–H groups in total. The molecule has 1 atom stereocenters. The summed E-state index contributed by atoms with van der Waals surface area (Å²) in [6, 6.07) is 14.1. The smallest absolute Gasteiger partial charge is 0.326 e. The maximum atomic E-state index is 13.6. The summed E-state index contributed by atoms with van der Waals surface area (Å²) >= 11 is 6.08. The largest absolute Gasteiger partial charge is 0.493 e. The summed E-state index contributed by atoms with van der Waals surface area (Å²) < 4.78 is 30.9. The highest BCUT2D eigenvalue weighted by molar-refractivity contribution is 6.30. The Morgan fingerprint density at radius 2 is 2.12 bits per heavy atom. The van der Waals surface area contributed by atoms with Crippen LogP contribution in [0.25, 0.3) is 11.1 Å². The lowest BCUT2D eigenvalue weighted by Gasteiger charge is -2.34. The van der Waals surface area contributed by atoms with Crippen LogP contribution in [-0.2, 0) is 24.4 Å². The zero-order chi connectivity index (χ0) is 23.8. The van der Waals surface area contributed by atoms with E-state index in [0.717, 1.165) is 16.7 Å². The first-order valence-corrected chi connectivity index (χ1v) is 10.9. The van der Waals surface area contributed by atoms with Crippen LogP contribution in [0.15, 0.2) is 59.0 Å². The maximum Gasteiger partial charge on any atom is 0.326 e. The number of benzene rings is 3. The van der Waals surface area contributed by atoms with E-state index >= 15 is 0 Å². The van der Waals surface area contributed by atoms with Crippen molar-refractivity contribution in [1.29, 1.82) is 0 Å². The molecule has 0 fully saturated rings. The number of methoxy groups -OCH3 is 1. The first kappa shape index (κ1) is 22.0. The van der Waals surface area contributed by atoms with Gasteiger partial charge < -0.3 is 23.9 Å². The molecule has 0 saturated heterocycles. The number of aromatic nitrogens is 1. The van der Waals surface area contributed by atoms with Gasteiger partial charge in [-0.15, -0.1) is 0 Å². The Bertz CT molecular complexity index is 1390. The number of halogens is 2. The molecular formula is C25H20ClFN2O5. The fourth-order valence-electron chi connectivity index (χ4n) is 4.15. The first-order valence-electron chi connectivity index (χ1n) is 10.5. The van der Waals surface area contributed by atoms with Gasteiger partial charge in [-0.3, -0.25) is 0 Å². The highest BCUT2D eigenvalue weighted by atomic mass is 35.5. The van der Waals surface area contributed by atoms with Crippen LogP contribution >= 0.6 is 11.6 Å². The molecule has 0 radical (unpaired) electrons. The van der Waals surface area contributed by atoms with Crippen LogP contribution in [0.4, 0.5) is 10.4 Å². The Labute approximate surface area is 199 Å². The van der Waals surface area contributed by atoms with Gasteiger partial charge in [0.15, 0.2) is 17.1 Å². The minimum absolute atomic E-state index is 0.121. The molecule has 1 aliphatic rings. The minimum atomic E-state index is -1.04. The molecule has 34 heavy (non-hydrogen) atoms. The van der Waals surface area contributed by atoms with Gasteiger partial charge in [-0.2, -0.15) is 4.98 Å². The molecule has 0 bridgehead atoms. The summed E-state index contributed by atoms with van der Waals surface area (Å²) in [6.45, 7) is 0.463. The minimum Gasteiger partial charge on any atom is -0.493 e. The van der Waals surface area contributed by atoms with Crippen LogP contribution in [-0.4, -0.2) is 29.2 Å². The lowest BCUT2D eigenvalue weighted by atomic mass is 9.93. The normalized spacial score (nSPS) is 15.3. The number of carboxylic acid groups (broad SMARTS) is 1. The highest BCUT2D eigenvalue weighted by Gasteiger charge is 2.36. The van der Waals surface area contributed by atoms with E-state index in [0.29, 0.717) is 22.0 Å². The predicted molar refractivity (Wildman–Crippen MR) is 124 cm³/mol. The van der Waals surface area contributed by atoms with Crippen molar-refractivity contribution < 1.29 is 28.2 Å². The molecule has 3 aromatic carbocycles. The average Bonchev–Trinajstić information content (AvgIpc) is 3.24. The molecule has 4 aromatic rings. The standard InChI is InChI=1S/C25H20ClFN2O5/c1-32-21-8-5-15-12-29(25-28-19-7-6-17(27)10-22(19)34-25)20(24(30)31)11-18(15)23(21)33-13-14-3-2-4-16(26)9-14/h2-10,20H,11-13H2,1H3,(H,30,31)/t20-/m0/s1. The molecule has 1 aliphatic heterocycles. The van der Waals surface area contributed by atoms with E-state index in [2.05, 4.69) is 4.98 Å². The summed E-state index contributed by atoms with van der Waals surface area (Å²) in [5.74, 6) is -0.494. The second kappa shape index (κ2) is 8.87. The predicted octanol–water partition coefficient (Wildman–Crippen LogP) is 5.22. The molecule has 174 valence electrons. The number of fused-ring (bicyclic) bond motifs is 2. The number of nitrogens with zero attached hydrogens (tertiary/aromatic N) is 2. The van der Waals surface area contributed by atoms with Crippen molar-refractivity contribution in [2.75, 3.05) is 12.0 Å². The van der Waals surface area contributed by atoms with E-state index in [-0.39, 0.29) is 31.2 Å².